The molecule has 0 aliphatic heterocycles. The fourth-order valence-corrected chi connectivity index (χ4v) is 16.0. The molecule has 0 atom stereocenters. The number of aromatic carboxylic acids is 4. The minimum absolute atomic E-state index is 0.0168. The number of halogens is 3. The van der Waals surface area contributed by atoms with Crippen LogP contribution in [0.1, 0.15) is 58.1 Å². The third kappa shape index (κ3) is 28.7. The Hall–Kier alpha value is -14.8. The first kappa shape index (κ1) is 93.5. The SMILES string of the molecule is Cc1ccc(S(=O)(=O)Nc2ccccc2OCCOc2ccc(C(=O)O)cc2)cc1.O=C(O)c1ccc(OCCOc2ccccc2NS(=O)(=O)Cc2ccccc2)cc1.O=C(O)c1ccc(OCCOc2ccccc2NS(=O)(=O)c2cccc(C(F)(F)F)c2)cc1.O=C(O)c1ccc(OCCOc2ccccc2NS(=O)(=O)c2cccc3ccccc23)cc1. The molecule has 0 saturated heterocycles. The largest absolute Gasteiger partial charge is 0.490 e. The van der Waals surface area contributed by atoms with Gasteiger partial charge in [-0.2, -0.15) is 13.2 Å². The first-order chi connectivity index (χ1) is 60.3. The van der Waals surface area contributed by atoms with E-state index < -0.39 is 80.6 Å². The Kier molecular flexibility index (Phi) is 32.9. The Morgan fingerprint density at radius 1 is 0.310 bits per heavy atom. The molecular weight excluding hydrogens is 1720 g/mol. The maximum Gasteiger partial charge on any atom is 0.416 e. The van der Waals surface area contributed by atoms with E-state index in [2.05, 4.69) is 18.9 Å². The summed E-state index contributed by atoms with van der Waals surface area (Å²) in [7, 11) is -15.5. The highest BCUT2D eigenvalue weighted by Crippen LogP contribution is 2.35. The van der Waals surface area contributed by atoms with Gasteiger partial charge in [0, 0.05) is 5.39 Å². The van der Waals surface area contributed by atoms with E-state index in [9.17, 15) is 66.0 Å². The molecule has 35 heteroatoms. The second kappa shape index (κ2) is 44.3. The number of hydrogen-bond donors (Lipinski definition) is 8. The van der Waals surface area contributed by atoms with E-state index >= 15 is 0 Å². The van der Waals surface area contributed by atoms with Gasteiger partial charge in [-0.05, 0) is 200 Å². The summed E-state index contributed by atoms with van der Waals surface area (Å²) in [6, 6.07) is 81.4. The highest BCUT2D eigenvalue weighted by molar-refractivity contribution is 7.93. The molecule has 0 aliphatic carbocycles. The molecule has 0 unspecified atom stereocenters. The number of ether oxygens (including phenoxy) is 8. The van der Waals surface area contributed by atoms with Crippen molar-refractivity contribution in [2.45, 2.75) is 33.5 Å². The van der Waals surface area contributed by atoms with E-state index in [1.165, 1.54) is 78.9 Å². The quantitative estimate of drug-likeness (QED) is 0.0168. The Bertz CT molecular complexity index is 6340. The molecule has 126 heavy (non-hydrogen) atoms. The number of nitrogens with one attached hydrogen (secondary N) is 4. The van der Waals surface area contributed by atoms with Gasteiger partial charge in [0.05, 0.1) is 71.0 Å². The van der Waals surface area contributed by atoms with Gasteiger partial charge >= 0.3 is 30.1 Å². The van der Waals surface area contributed by atoms with Crippen LogP contribution in [0.4, 0.5) is 35.9 Å². The summed E-state index contributed by atoms with van der Waals surface area (Å²) < 4.78 is 195. The summed E-state index contributed by atoms with van der Waals surface area (Å²) in [4.78, 5) is 43.3. The number of aryl methyl sites for hydroxylation is 1. The third-order valence-corrected chi connectivity index (χ3v) is 22.8. The van der Waals surface area contributed by atoms with Crippen LogP contribution in [0.3, 0.4) is 0 Å². The van der Waals surface area contributed by atoms with Crippen LogP contribution in [0.25, 0.3) is 10.8 Å². The van der Waals surface area contributed by atoms with Gasteiger partial charge in [-0.25, -0.2) is 52.8 Å². The lowest BCUT2D eigenvalue weighted by atomic mass is 10.1. The normalized spacial score (nSPS) is 11.2. The molecule has 28 nitrogen and oxygen atoms in total. The molecule has 0 saturated carbocycles. The predicted octanol–water partition coefficient (Wildman–Crippen LogP) is 17.2. The van der Waals surface area contributed by atoms with Crippen molar-refractivity contribution in [3.8, 4) is 46.0 Å². The fourth-order valence-electron chi connectivity index (χ4n) is 11.3. The predicted molar refractivity (Wildman–Crippen MR) is 465 cm³/mol. The lowest BCUT2D eigenvalue weighted by Crippen LogP contribution is -2.16. The van der Waals surface area contributed by atoms with Gasteiger partial charge in [0.15, 0.2) is 0 Å². The first-order valence-electron chi connectivity index (χ1n) is 37.8. The first-order valence-corrected chi connectivity index (χ1v) is 43.9. The number of rotatable bonds is 37. The summed E-state index contributed by atoms with van der Waals surface area (Å²) in [5.41, 5.74) is 2.24. The van der Waals surface area contributed by atoms with Crippen LogP contribution in [-0.4, -0.2) is 131 Å². The van der Waals surface area contributed by atoms with Crippen LogP contribution in [0, 0.1) is 6.92 Å². The number of carboxylic acid groups (broad SMARTS) is 4. The van der Waals surface area contributed by atoms with Crippen molar-refractivity contribution in [2.75, 3.05) is 71.7 Å². The van der Waals surface area contributed by atoms with Crippen molar-refractivity contribution in [2.24, 2.45) is 0 Å². The number of carbonyl (C=O) groups is 4. The van der Waals surface area contributed by atoms with Crippen LogP contribution in [0.5, 0.6) is 46.0 Å². The summed E-state index contributed by atoms with van der Waals surface area (Å²) in [5.74, 6) is -0.987. The second-order valence-electron chi connectivity index (χ2n) is 26.6. The van der Waals surface area contributed by atoms with E-state index in [-0.39, 0.29) is 102 Å². The molecule has 0 bridgehead atoms. The molecular formula is C91H81F3N4O24S4. The maximum absolute atomic E-state index is 13.1. The van der Waals surface area contributed by atoms with Crippen molar-refractivity contribution < 1.29 is 124 Å². The summed E-state index contributed by atoms with van der Waals surface area (Å²) in [6.45, 7) is 3.08. The van der Waals surface area contributed by atoms with Crippen LogP contribution >= 0.6 is 0 Å². The van der Waals surface area contributed by atoms with E-state index in [1.807, 2.05) is 31.2 Å². The fraction of sp³-hybridized carbons (Fsp3) is 0.121. The Balaban J connectivity index is 0.000000176. The minimum atomic E-state index is -4.68. The summed E-state index contributed by atoms with van der Waals surface area (Å²) >= 11 is 0. The Morgan fingerprint density at radius 3 is 0.992 bits per heavy atom. The monoisotopic (exact) mass is 1800 g/mol. The zero-order valence-corrected chi connectivity index (χ0v) is 69.9. The highest BCUT2D eigenvalue weighted by Gasteiger charge is 2.32. The number of benzene rings is 13. The average molecular weight is 1800 g/mol. The van der Waals surface area contributed by atoms with E-state index in [0.717, 1.165) is 29.1 Å². The van der Waals surface area contributed by atoms with Crippen molar-refractivity contribution in [3.63, 3.8) is 0 Å². The number of carboxylic acids is 4. The average Bonchev–Trinajstić information content (AvgIpc) is 0.782. The molecule has 0 aromatic heterocycles. The van der Waals surface area contributed by atoms with Crippen molar-refractivity contribution in [3.05, 3.63) is 354 Å². The van der Waals surface area contributed by atoms with Gasteiger partial charge in [-0.1, -0.05) is 139 Å². The molecule has 654 valence electrons. The topological polar surface area (TPSA) is 408 Å². The highest BCUT2D eigenvalue weighted by atomic mass is 32.2. The number of para-hydroxylation sites is 8. The molecule has 8 N–H and O–H groups in total. The minimum Gasteiger partial charge on any atom is -0.490 e. The molecule has 13 aromatic rings. The van der Waals surface area contributed by atoms with Gasteiger partial charge < -0.3 is 58.3 Å². The van der Waals surface area contributed by atoms with Crippen LogP contribution in [-0.2, 0) is 52.0 Å². The number of sulfonamides is 4. The Morgan fingerprint density at radius 2 is 0.619 bits per heavy atom. The van der Waals surface area contributed by atoms with E-state index in [1.54, 1.807) is 188 Å². The van der Waals surface area contributed by atoms with Crippen LogP contribution in [0.15, 0.2) is 330 Å². The molecule has 13 rings (SSSR count). The second-order valence-corrected chi connectivity index (χ2v) is 33.3. The number of alkyl halides is 3. The van der Waals surface area contributed by atoms with Gasteiger partial charge in [0.2, 0.25) is 10.0 Å². The number of anilines is 4. The smallest absolute Gasteiger partial charge is 0.416 e. The van der Waals surface area contributed by atoms with E-state index in [0.29, 0.717) is 74.3 Å². The van der Waals surface area contributed by atoms with Gasteiger partial charge in [-0.3, -0.25) is 18.9 Å². The molecule has 0 heterocycles. The third-order valence-electron chi connectivity index (χ3n) is 17.4. The van der Waals surface area contributed by atoms with Crippen molar-refractivity contribution in [1.82, 2.24) is 0 Å². The van der Waals surface area contributed by atoms with E-state index in [4.69, 9.17) is 58.3 Å². The lowest BCUT2D eigenvalue weighted by molar-refractivity contribution is -0.137. The summed E-state index contributed by atoms with van der Waals surface area (Å²) in [5, 5.41) is 37.1. The number of hydrogen-bond acceptors (Lipinski definition) is 20. The summed E-state index contributed by atoms with van der Waals surface area (Å²) in [6.07, 6.45) is -4.68. The standard InChI is InChI=1S/C25H21NO6S.C22H18F3NO6S.2C22H21NO6S/c27-25(28)19-12-14-20(15-13-19)31-16-17-32-23-10-4-3-9-22(23)26-33(29,30)24-11-5-7-18-6-1-2-8-21(18)24;23-22(24,25)16-4-3-5-18(14-16)33(29,30)26-19-6-1-2-7-20(19)32-13-12-31-17-10-8-15(9-11-17)21(27)28;1-16-6-12-19(13-7-16)30(26,27)23-20-4-2-3-5-21(20)29-15-14-28-18-10-8-17(9-11-18)22(24)25;24-22(25)18-10-12-19(13-11-18)28-14-15-29-21-9-5-4-8-20(21)23-30(26,27)16-17-6-2-1-3-7-17/h1-15,26H,16-17H2,(H,27,28);1-11,14,26H,12-13H2,(H,27,28);2-13,23H,14-15H2,1H3,(H,24,25);1-13,23H,14-16H2,(H,24,25). The molecule has 13 aromatic carbocycles. The molecule has 0 amide bonds. The van der Waals surface area contributed by atoms with Gasteiger partial charge in [0.1, 0.15) is 98.9 Å². The lowest BCUT2D eigenvalue weighted by Gasteiger charge is -2.15. The van der Waals surface area contributed by atoms with Crippen molar-refractivity contribution >= 4 is 97.5 Å². The maximum atomic E-state index is 13.1. The number of fused-ring (bicyclic) bond motifs is 1. The molecule has 0 spiro atoms. The zero-order chi connectivity index (χ0) is 90.3. The zero-order valence-electron chi connectivity index (χ0n) is 66.6. The molecule has 0 aliphatic rings. The van der Waals surface area contributed by atoms with Crippen molar-refractivity contribution in [1.29, 1.82) is 0 Å². The van der Waals surface area contributed by atoms with Gasteiger partial charge in [-0.15, -0.1) is 0 Å². The van der Waals surface area contributed by atoms with Crippen LogP contribution in [0.2, 0.25) is 0 Å². The Labute approximate surface area is 723 Å². The molecule has 0 radical (unpaired) electrons. The van der Waals surface area contributed by atoms with Crippen LogP contribution < -0.4 is 56.8 Å². The van der Waals surface area contributed by atoms with Gasteiger partial charge in [0.25, 0.3) is 30.1 Å². The molecule has 0 fully saturated rings.